The molecule has 2 heterocycles. The van der Waals surface area contributed by atoms with Crippen molar-refractivity contribution >= 4 is 5.69 Å². The van der Waals surface area contributed by atoms with E-state index in [0.717, 1.165) is 25.9 Å². The average Bonchev–Trinajstić information content (AvgIpc) is 3.11. The Hall–Kier alpha value is -1.28. The van der Waals surface area contributed by atoms with Crippen LogP contribution in [0.3, 0.4) is 0 Å². The highest BCUT2D eigenvalue weighted by Gasteiger charge is 2.33. The molecule has 3 rings (SSSR count). The molecular formula is C18H26F2N2O3. The molecule has 5 nitrogen and oxygen atoms in total. The van der Waals surface area contributed by atoms with Gasteiger partial charge in [-0.05, 0) is 37.8 Å². The van der Waals surface area contributed by atoms with Crippen LogP contribution in [0.25, 0.3) is 0 Å². The number of hydrogen-bond donors (Lipinski definition) is 3. The van der Waals surface area contributed by atoms with Crippen LogP contribution in [-0.2, 0) is 6.42 Å². The van der Waals surface area contributed by atoms with Crippen LogP contribution < -0.4 is 4.90 Å². The molecule has 2 aliphatic heterocycles. The first kappa shape index (κ1) is 18.5. The van der Waals surface area contributed by atoms with Gasteiger partial charge in [0.1, 0.15) is 11.6 Å². The first-order valence-electron chi connectivity index (χ1n) is 8.93. The van der Waals surface area contributed by atoms with Crippen LogP contribution in [0.2, 0.25) is 0 Å². The van der Waals surface area contributed by atoms with Gasteiger partial charge in [0.25, 0.3) is 0 Å². The second-order valence-electron chi connectivity index (χ2n) is 7.03. The Morgan fingerprint density at radius 1 is 1.04 bits per heavy atom. The van der Waals surface area contributed by atoms with E-state index in [1.165, 1.54) is 12.1 Å². The van der Waals surface area contributed by atoms with Gasteiger partial charge in [0, 0.05) is 43.5 Å². The molecule has 1 aromatic carbocycles. The van der Waals surface area contributed by atoms with Gasteiger partial charge in [0.2, 0.25) is 0 Å². The van der Waals surface area contributed by atoms with Gasteiger partial charge in [-0.15, -0.1) is 0 Å². The van der Waals surface area contributed by atoms with E-state index < -0.39 is 23.8 Å². The van der Waals surface area contributed by atoms with Crippen molar-refractivity contribution in [3.8, 4) is 0 Å². The van der Waals surface area contributed by atoms with Gasteiger partial charge in [0.05, 0.1) is 18.8 Å². The van der Waals surface area contributed by atoms with Crippen LogP contribution in [-0.4, -0.2) is 71.3 Å². The van der Waals surface area contributed by atoms with Crippen molar-refractivity contribution in [1.29, 1.82) is 0 Å². The number of hydrogen-bond acceptors (Lipinski definition) is 5. The zero-order valence-electron chi connectivity index (χ0n) is 14.2. The predicted octanol–water partition coefficient (Wildman–Crippen LogP) is 0.896. The summed E-state index contributed by atoms with van der Waals surface area (Å²) in [6.45, 7) is 1.98. The van der Waals surface area contributed by atoms with E-state index in [0.29, 0.717) is 12.2 Å². The normalized spacial score (nSPS) is 27.9. The number of β-amino-alcohol motifs (C(OH)–C–C–N with tert-alkyl or cyclic N) is 1. The molecule has 2 fully saturated rings. The predicted molar refractivity (Wildman–Crippen MR) is 90.6 cm³/mol. The maximum Gasteiger partial charge on any atom is 0.131 e. The molecule has 0 spiro atoms. The highest BCUT2D eigenvalue weighted by molar-refractivity contribution is 5.49. The average molecular weight is 356 g/mol. The fourth-order valence-corrected chi connectivity index (χ4v) is 3.80. The third-order valence-electron chi connectivity index (χ3n) is 5.35. The van der Waals surface area contributed by atoms with E-state index in [1.54, 1.807) is 4.90 Å². The lowest BCUT2D eigenvalue weighted by atomic mass is 9.97. The van der Waals surface area contributed by atoms with E-state index >= 15 is 0 Å². The van der Waals surface area contributed by atoms with Crippen LogP contribution in [0.4, 0.5) is 14.5 Å². The molecule has 3 N–H and O–H groups in total. The SMILES string of the molecule is OC[C@H]1CC(O)[C@@H](O)CN1CCc1c(F)cc(N2CCCC2)cc1F. The lowest BCUT2D eigenvalue weighted by Gasteiger charge is -2.39. The zero-order chi connectivity index (χ0) is 18.0. The molecule has 7 heteroatoms. The molecule has 25 heavy (non-hydrogen) atoms. The highest BCUT2D eigenvalue weighted by atomic mass is 19.1. The Labute approximate surface area is 146 Å². The zero-order valence-corrected chi connectivity index (χ0v) is 14.2. The molecule has 2 aliphatic rings. The summed E-state index contributed by atoms with van der Waals surface area (Å²) in [5, 5.41) is 28.9. The number of likely N-dealkylation sites (tertiary alicyclic amines) is 1. The summed E-state index contributed by atoms with van der Waals surface area (Å²) in [7, 11) is 0. The summed E-state index contributed by atoms with van der Waals surface area (Å²) >= 11 is 0. The summed E-state index contributed by atoms with van der Waals surface area (Å²) in [5.74, 6) is -1.11. The topological polar surface area (TPSA) is 67.2 Å². The van der Waals surface area contributed by atoms with Gasteiger partial charge >= 0.3 is 0 Å². The number of benzene rings is 1. The Morgan fingerprint density at radius 3 is 2.28 bits per heavy atom. The fourth-order valence-electron chi connectivity index (χ4n) is 3.80. The van der Waals surface area contributed by atoms with E-state index in [1.807, 2.05) is 4.90 Å². The van der Waals surface area contributed by atoms with Gasteiger partial charge in [-0.25, -0.2) is 8.78 Å². The third-order valence-corrected chi connectivity index (χ3v) is 5.35. The number of aliphatic hydroxyl groups excluding tert-OH is 3. The Balaban J connectivity index is 1.68. The Morgan fingerprint density at radius 2 is 1.68 bits per heavy atom. The number of rotatable bonds is 5. The van der Waals surface area contributed by atoms with Crippen molar-refractivity contribution in [2.75, 3.05) is 37.7 Å². The molecule has 0 amide bonds. The third kappa shape index (κ3) is 4.11. The highest BCUT2D eigenvalue weighted by Crippen LogP contribution is 2.26. The number of anilines is 1. The van der Waals surface area contributed by atoms with E-state index in [4.69, 9.17) is 0 Å². The molecule has 0 saturated carbocycles. The molecule has 0 radical (unpaired) electrons. The lowest BCUT2D eigenvalue weighted by Crippen LogP contribution is -2.54. The second-order valence-corrected chi connectivity index (χ2v) is 7.03. The van der Waals surface area contributed by atoms with Crippen LogP contribution in [0.5, 0.6) is 0 Å². The van der Waals surface area contributed by atoms with Crippen LogP contribution in [0.1, 0.15) is 24.8 Å². The molecule has 3 atom stereocenters. The van der Waals surface area contributed by atoms with Gasteiger partial charge in [-0.1, -0.05) is 0 Å². The summed E-state index contributed by atoms with van der Waals surface area (Å²) in [5.41, 5.74) is 0.612. The fraction of sp³-hybridized carbons (Fsp3) is 0.667. The van der Waals surface area contributed by atoms with Gasteiger partial charge in [0.15, 0.2) is 0 Å². The minimum absolute atomic E-state index is 0.0280. The number of halogens is 2. The monoisotopic (exact) mass is 356 g/mol. The van der Waals surface area contributed by atoms with Crippen LogP contribution in [0, 0.1) is 11.6 Å². The summed E-state index contributed by atoms with van der Waals surface area (Å²) in [6, 6.07) is 2.47. The summed E-state index contributed by atoms with van der Waals surface area (Å²) in [6.07, 6.45) is 0.692. The first-order chi connectivity index (χ1) is 12.0. The number of nitrogens with zero attached hydrogens (tertiary/aromatic N) is 2. The molecule has 140 valence electrons. The van der Waals surface area contributed by atoms with Crippen molar-refractivity contribution in [3.63, 3.8) is 0 Å². The first-order valence-corrected chi connectivity index (χ1v) is 8.93. The summed E-state index contributed by atoms with van der Waals surface area (Å²) in [4.78, 5) is 3.77. The second kappa shape index (κ2) is 7.95. The van der Waals surface area contributed by atoms with Crippen molar-refractivity contribution in [2.24, 2.45) is 0 Å². The molecule has 0 aliphatic carbocycles. The smallest absolute Gasteiger partial charge is 0.131 e. The number of aliphatic hydroxyl groups is 3. The Bertz CT molecular complexity index is 573. The van der Waals surface area contributed by atoms with E-state index in [9.17, 15) is 24.1 Å². The van der Waals surface area contributed by atoms with E-state index in [-0.39, 0.29) is 37.6 Å². The molecule has 0 bridgehead atoms. The van der Waals surface area contributed by atoms with E-state index in [2.05, 4.69) is 0 Å². The molecule has 1 unspecified atom stereocenters. The van der Waals surface area contributed by atoms with Crippen molar-refractivity contribution in [1.82, 2.24) is 4.90 Å². The largest absolute Gasteiger partial charge is 0.395 e. The van der Waals surface area contributed by atoms with Gasteiger partial charge in [-0.3, -0.25) is 4.90 Å². The number of piperidine rings is 1. The standard InChI is InChI=1S/C18H26F2N2O3/c19-15-7-12(21-4-1-2-5-21)8-16(20)14(15)3-6-22-10-18(25)17(24)9-13(22)11-23/h7-8,13,17-18,23-25H,1-6,9-11H2/t13-,17?,18+/m1/s1. The maximum absolute atomic E-state index is 14.4. The minimum Gasteiger partial charge on any atom is -0.395 e. The van der Waals surface area contributed by atoms with Gasteiger partial charge < -0.3 is 20.2 Å². The maximum atomic E-state index is 14.4. The Kier molecular flexibility index (Phi) is 5.89. The van der Waals surface area contributed by atoms with Gasteiger partial charge in [-0.2, -0.15) is 0 Å². The van der Waals surface area contributed by atoms with Crippen molar-refractivity contribution in [3.05, 3.63) is 29.3 Å². The lowest BCUT2D eigenvalue weighted by molar-refractivity contribution is -0.0704. The van der Waals surface area contributed by atoms with Crippen molar-refractivity contribution in [2.45, 2.75) is 43.9 Å². The van der Waals surface area contributed by atoms with Crippen molar-refractivity contribution < 1.29 is 24.1 Å². The van der Waals surface area contributed by atoms with Crippen LogP contribution in [0.15, 0.2) is 12.1 Å². The molecular weight excluding hydrogens is 330 g/mol. The molecule has 2 saturated heterocycles. The minimum atomic E-state index is -0.907. The molecule has 0 aromatic heterocycles. The molecule has 1 aromatic rings. The van der Waals surface area contributed by atoms with Crippen LogP contribution >= 0.6 is 0 Å². The quantitative estimate of drug-likeness (QED) is 0.731. The summed E-state index contributed by atoms with van der Waals surface area (Å²) < 4.78 is 28.8.